The lowest BCUT2D eigenvalue weighted by Gasteiger charge is -2.41. The zero-order valence-corrected chi connectivity index (χ0v) is 13.9. The van der Waals surface area contributed by atoms with E-state index in [0.717, 1.165) is 5.69 Å². The maximum absolute atomic E-state index is 13.3. The molecule has 1 aliphatic rings. The molecule has 1 atom stereocenters. The van der Waals surface area contributed by atoms with Crippen LogP contribution in [0.2, 0.25) is 0 Å². The van der Waals surface area contributed by atoms with E-state index < -0.39 is 6.04 Å². The van der Waals surface area contributed by atoms with E-state index in [-0.39, 0.29) is 11.9 Å². The fourth-order valence-corrected chi connectivity index (χ4v) is 3.08. The highest BCUT2D eigenvalue weighted by molar-refractivity contribution is 6.05. The van der Waals surface area contributed by atoms with E-state index in [1.54, 1.807) is 17.3 Å². The van der Waals surface area contributed by atoms with Crippen LogP contribution in [0.1, 0.15) is 25.7 Å². The molecule has 1 amide bonds. The zero-order chi connectivity index (χ0) is 17.4. The monoisotopic (exact) mass is 335 g/mol. The number of anilines is 3. The van der Waals surface area contributed by atoms with Gasteiger partial charge in [-0.25, -0.2) is 15.0 Å². The van der Waals surface area contributed by atoms with Crippen molar-refractivity contribution in [2.75, 3.05) is 9.80 Å². The van der Waals surface area contributed by atoms with Crippen LogP contribution in [0, 0.1) is 0 Å². The van der Waals surface area contributed by atoms with Crippen molar-refractivity contribution in [2.24, 2.45) is 0 Å². The topological polar surface area (TPSA) is 90.9 Å². The fraction of sp³-hybridized carbons (Fsp3) is 0.235. The van der Waals surface area contributed by atoms with Crippen molar-refractivity contribution < 1.29 is 4.79 Å². The highest BCUT2D eigenvalue weighted by atomic mass is 16.2. The van der Waals surface area contributed by atoms with Crippen LogP contribution < -0.4 is 9.80 Å². The number of nitrogens with zero attached hydrogens (tertiary/aromatic N) is 6. The molecule has 0 fully saturated rings. The SMILES string of the molecule is CC(C)N1C(=O)C(c2ncn[nH]2)N(c2ccccc2)c2nccnc21. The normalized spacial score (nSPS) is 17.1. The van der Waals surface area contributed by atoms with E-state index in [1.807, 2.05) is 49.1 Å². The van der Waals surface area contributed by atoms with Gasteiger partial charge in [0.15, 0.2) is 23.5 Å². The van der Waals surface area contributed by atoms with E-state index in [9.17, 15) is 4.79 Å². The first kappa shape index (κ1) is 15.3. The van der Waals surface area contributed by atoms with Crippen LogP contribution in [0.25, 0.3) is 0 Å². The average molecular weight is 335 g/mol. The van der Waals surface area contributed by atoms with Crippen LogP contribution in [-0.4, -0.2) is 37.1 Å². The Bertz CT molecular complexity index is 879. The standard InChI is InChI=1S/C17H17N7O/c1-11(2)23-15-16(19-9-8-18-15)24(12-6-4-3-5-7-12)13(17(23)25)14-20-10-21-22-14/h3-11,13H,1-2H3,(H,20,21,22). The molecule has 3 heterocycles. The van der Waals surface area contributed by atoms with Gasteiger partial charge < -0.3 is 4.90 Å². The number of aromatic nitrogens is 5. The number of carbonyl (C=O) groups excluding carboxylic acids is 1. The van der Waals surface area contributed by atoms with Gasteiger partial charge in [-0.3, -0.25) is 14.8 Å². The highest BCUT2D eigenvalue weighted by Crippen LogP contribution is 2.43. The summed E-state index contributed by atoms with van der Waals surface area (Å²) < 4.78 is 0. The Hall–Kier alpha value is -3.29. The predicted molar refractivity (Wildman–Crippen MR) is 92.4 cm³/mol. The molecule has 2 aromatic heterocycles. The number of hydrogen-bond acceptors (Lipinski definition) is 6. The van der Waals surface area contributed by atoms with Gasteiger partial charge in [0.1, 0.15) is 6.33 Å². The van der Waals surface area contributed by atoms with Crippen molar-refractivity contribution in [3.05, 3.63) is 54.9 Å². The lowest BCUT2D eigenvalue weighted by atomic mass is 10.1. The summed E-state index contributed by atoms with van der Waals surface area (Å²) >= 11 is 0. The molecular weight excluding hydrogens is 318 g/mol. The number of rotatable bonds is 3. The number of amides is 1. The second kappa shape index (κ2) is 5.97. The summed E-state index contributed by atoms with van der Waals surface area (Å²) in [4.78, 5) is 30.0. The van der Waals surface area contributed by atoms with Crippen molar-refractivity contribution in [1.82, 2.24) is 25.1 Å². The zero-order valence-electron chi connectivity index (χ0n) is 13.9. The molecule has 0 spiro atoms. The molecular formula is C17H17N7O. The second-order valence-corrected chi connectivity index (χ2v) is 5.98. The first-order chi connectivity index (χ1) is 12.2. The number of hydrogen-bond donors (Lipinski definition) is 1. The van der Waals surface area contributed by atoms with Crippen molar-refractivity contribution in [3.63, 3.8) is 0 Å². The third-order valence-corrected chi connectivity index (χ3v) is 4.09. The number of nitrogens with one attached hydrogen (secondary N) is 1. The molecule has 3 aromatic rings. The van der Waals surface area contributed by atoms with Gasteiger partial charge in [0, 0.05) is 24.1 Å². The molecule has 8 nitrogen and oxygen atoms in total. The van der Waals surface area contributed by atoms with E-state index in [0.29, 0.717) is 17.5 Å². The van der Waals surface area contributed by atoms with Crippen LogP contribution >= 0.6 is 0 Å². The highest BCUT2D eigenvalue weighted by Gasteiger charge is 2.44. The molecule has 25 heavy (non-hydrogen) atoms. The summed E-state index contributed by atoms with van der Waals surface area (Å²) in [5, 5.41) is 6.75. The molecule has 126 valence electrons. The van der Waals surface area contributed by atoms with E-state index in [4.69, 9.17) is 0 Å². The molecule has 1 unspecified atom stereocenters. The van der Waals surface area contributed by atoms with Gasteiger partial charge in [0.25, 0.3) is 5.91 Å². The van der Waals surface area contributed by atoms with Crippen LogP contribution in [0.3, 0.4) is 0 Å². The predicted octanol–water partition coefficient (Wildman–Crippen LogP) is 2.23. The van der Waals surface area contributed by atoms with Gasteiger partial charge in [-0.15, -0.1) is 0 Å². The Balaban J connectivity index is 1.97. The average Bonchev–Trinajstić information content (AvgIpc) is 3.15. The summed E-state index contributed by atoms with van der Waals surface area (Å²) in [6, 6.07) is 8.88. The van der Waals surface area contributed by atoms with Gasteiger partial charge in [-0.05, 0) is 26.0 Å². The van der Waals surface area contributed by atoms with E-state index >= 15 is 0 Å². The van der Waals surface area contributed by atoms with E-state index in [2.05, 4.69) is 25.1 Å². The molecule has 8 heteroatoms. The molecule has 1 N–H and O–H groups in total. The largest absolute Gasteiger partial charge is 0.304 e. The number of para-hydroxylation sites is 1. The summed E-state index contributed by atoms with van der Waals surface area (Å²) in [6.07, 6.45) is 4.62. The maximum Gasteiger partial charge on any atom is 0.259 e. The number of carbonyl (C=O) groups is 1. The third kappa shape index (κ3) is 2.42. The first-order valence-corrected chi connectivity index (χ1v) is 8.02. The van der Waals surface area contributed by atoms with Crippen LogP contribution in [0.4, 0.5) is 17.3 Å². The molecule has 1 aliphatic heterocycles. The molecule has 0 saturated carbocycles. The number of fused-ring (bicyclic) bond motifs is 1. The van der Waals surface area contributed by atoms with E-state index in [1.165, 1.54) is 6.33 Å². The Morgan fingerprint density at radius 3 is 2.40 bits per heavy atom. The summed E-state index contributed by atoms with van der Waals surface area (Å²) in [5.41, 5.74) is 0.836. The molecule has 0 bridgehead atoms. The third-order valence-electron chi connectivity index (χ3n) is 4.09. The minimum atomic E-state index is -0.684. The minimum Gasteiger partial charge on any atom is -0.304 e. The van der Waals surface area contributed by atoms with Crippen LogP contribution in [0.5, 0.6) is 0 Å². The molecule has 1 aromatic carbocycles. The van der Waals surface area contributed by atoms with Crippen molar-refractivity contribution in [2.45, 2.75) is 25.9 Å². The number of benzene rings is 1. The molecule has 0 aliphatic carbocycles. The van der Waals surface area contributed by atoms with Crippen molar-refractivity contribution in [1.29, 1.82) is 0 Å². The minimum absolute atomic E-state index is 0.0636. The number of H-pyrrole nitrogens is 1. The quantitative estimate of drug-likeness (QED) is 0.789. The second-order valence-electron chi connectivity index (χ2n) is 5.98. The number of aromatic amines is 1. The van der Waals surface area contributed by atoms with Gasteiger partial charge in [-0.1, -0.05) is 18.2 Å². The first-order valence-electron chi connectivity index (χ1n) is 8.02. The summed E-state index contributed by atoms with van der Waals surface area (Å²) in [7, 11) is 0. The summed E-state index contributed by atoms with van der Waals surface area (Å²) in [6.45, 7) is 3.90. The van der Waals surface area contributed by atoms with Crippen molar-refractivity contribution >= 4 is 23.2 Å². The summed E-state index contributed by atoms with van der Waals surface area (Å²) in [5.74, 6) is 1.50. The lowest BCUT2D eigenvalue weighted by Crippen LogP contribution is -2.50. The Kier molecular flexibility index (Phi) is 3.64. The maximum atomic E-state index is 13.3. The lowest BCUT2D eigenvalue weighted by molar-refractivity contribution is -0.120. The molecule has 4 rings (SSSR count). The Labute approximate surface area is 144 Å². The molecule has 0 radical (unpaired) electrons. The van der Waals surface area contributed by atoms with Crippen LogP contribution in [-0.2, 0) is 4.79 Å². The molecule has 0 saturated heterocycles. The smallest absolute Gasteiger partial charge is 0.259 e. The van der Waals surface area contributed by atoms with Crippen LogP contribution in [0.15, 0.2) is 49.1 Å². The fourth-order valence-electron chi connectivity index (χ4n) is 3.08. The Morgan fingerprint density at radius 2 is 1.76 bits per heavy atom. The van der Waals surface area contributed by atoms with Gasteiger partial charge >= 0.3 is 0 Å². The Morgan fingerprint density at radius 1 is 1.04 bits per heavy atom. The van der Waals surface area contributed by atoms with Gasteiger partial charge in [0.05, 0.1) is 0 Å². The van der Waals surface area contributed by atoms with Gasteiger partial charge in [-0.2, -0.15) is 5.10 Å². The van der Waals surface area contributed by atoms with Crippen molar-refractivity contribution in [3.8, 4) is 0 Å². The van der Waals surface area contributed by atoms with Gasteiger partial charge in [0.2, 0.25) is 0 Å².